The quantitative estimate of drug-likeness (QED) is 0.432. The molecule has 0 aromatic heterocycles. The summed E-state index contributed by atoms with van der Waals surface area (Å²) < 4.78 is 0. The van der Waals surface area contributed by atoms with E-state index in [9.17, 15) is 5.11 Å². The van der Waals surface area contributed by atoms with E-state index >= 15 is 0 Å². The Morgan fingerprint density at radius 3 is 2.65 bits per heavy atom. The number of hydrogen-bond acceptors (Lipinski definition) is 2. The van der Waals surface area contributed by atoms with Gasteiger partial charge in [-0.05, 0) is 42.9 Å². The number of phenols is 1. The highest BCUT2D eigenvalue weighted by Crippen LogP contribution is 2.30. The predicted octanol–water partition coefficient (Wildman–Crippen LogP) is 1.66. The van der Waals surface area contributed by atoms with E-state index in [1.54, 1.807) is 6.07 Å². The van der Waals surface area contributed by atoms with Crippen LogP contribution in [0.2, 0.25) is 0 Å². The Kier molecular flexibility index (Phi) is 5.04. The molecule has 0 heterocycles. The highest BCUT2D eigenvalue weighted by molar-refractivity contribution is 14.0. The molecule has 0 saturated carbocycles. The van der Waals surface area contributed by atoms with E-state index in [4.69, 9.17) is 11.5 Å². The van der Waals surface area contributed by atoms with Crippen LogP contribution in [0.5, 0.6) is 5.75 Å². The molecule has 0 radical (unpaired) electrons. The smallest absolute Gasteiger partial charge is 0.186 e. The van der Waals surface area contributed by atoms with Gasteiger partial charge in [-0.3, -0.25) is 0 Å². The average Bonchev–Trinajstić information content (AvgIpc) is 2.27. The molecule has 0 unspecified atom stereocenters. The summed E-state index contributed by atoms with van der Waals surface area (Å²) in [5.74, 6) is 0.360. The third-order valence-electron chi connectivity index (χ3n) is 3.05. The van der Waals surface area contributed by atoms with E-state index in [0.717, 1.165) is 18.4 Å². The Morgan fingerprint density at radius 1 is 1.24 bits per heavy atom. The van der Waals surface area contributed by atoms with Gasteiger partial charge >= 0.3 is 0 Å². The molecular formula is C12H18IN3O. The number of rotatable bonds is 2. The van der Waals surface area contributed by atoms with Gasteiger partial charge in [-0.15, -0.1) is 24.0 Å². The van der Waals surface area contributed by atoms with Crippen LogP contribution < -0.4 is 11.5 Å². The summed E-state index contributed by atoms with van der Waals surface area (Å²) >= 11 is 0. The molecule has 94 valence electrons. The van der Waals surface area contributed by atoms with E-state index in [1.165, 1.54) is 24.0 Å². The summed E-state index contributed by atoms with van der Waals surface area (Å²) in [7, 11) is 0. The van der Waals surface area contributed by atoms with Gasteiger partial charge in [-0.25, -0.2) is 4.99 Å². The number of guanidine groups is 1. The van der Waals surface area contributed by atoms with Crippen molar-refractivity contribution in [1.82, 2.24) is 0 Å². The molecule has 1 aromatic rings. The van der Waals surface area contributed by atoms with E-state index < -0.39 is 0 Å². The minimum atomic E-state index is 0. The van der Waals surface area contributed by atoms with Gasteiger partial charge in [0.15, 0.2) is 5.96 Å². The molecule has 4 nitrogen and oxygen atoms in total. The first-order chi connectivity index (χ1) is 7.68. The largest absolute Gasteiger partial charge is 0.508 e. The van der Waals surface area contributed by atoms with Crippen LogP contribution in [0.25, 0.3) is 0 Å². The molecule has 0 atom stereocenters. The number of halogens is 1. The molecule has 0 spiro atoms. The van der Waals surface area contributed by atoms with E-state index in [1.807, 2.05) is 6.07 Å². The normalized spacial score (nSPS) is 13.4. The third-order valence-corrected chi connectivity index (χ3v) is 3.05. The minimum Gasteiger partial charge on any atom is -0.508 e. The van der Waals surface area contributed by atoms with Crippen LogP contribution in [0.1, 0.15) is 29.5 Å². The molecule has 0 saturated heterocycles. The molecule has 1 aromatic carbocycles. The number of fused-ring (bicyclic) bond motifs is 1. The Hall–Kier alpha value is -0.980. The number of nitrogens with two attached hydrogens (primary N) is 2. The highest BCUT2D eigenvalue weighted by Gasteiger charge is 2.15. The van der Waals surface area contributed by atoms with Crippen molar-refractivity contribution in [2.45, 2.75) is 32.2 Å². The molecule has 0 fully saturated rings. The monoisotopic (exact) mass is 347 g/mol. The van der Waals surface area contributed by atoms with Crippen molar-refractivity contribution in [2.24, 2.45) is 16.5 Å². The van der Waals surface area contributed by atoms with Crippen LogP contribution in [0.15, 0.2) is 17.1 Å². The van der Waals surface area contributed by atoms with Gasteiger partial charge in [0.05, 0.1) is 6.54 Å². The van der Waals surface area contributed by atoms with Crippen molar-refractivity contribution in [3.05, 3.63) is 28.8 Å². The first kappa shape index (κ1) is 14.1. The first-order valence-electron chi connectivity index (χ1n) is 5.56. The first-order valence-corrected chi connectivity index (χ1v) is 5.56. The van der Waals surface area contributed by atoms with Crippen molar-refractivity contribution in [3.8, 4) is 5.75 Å². The number of aliphatic imine (C=N–C) groups is 1. The predicted molar refractivity (Wildman–Crippen MR) is 79.7 cm³/mol. The molecule has 0 aliphatic heterocycles. The van der Waals surface area contributed by atoms with Crippen LogP contribution in [-0.4, -0.2) is 11.1 Å². The van der Waals surface area contributed by atoms with Gasteiger partial charge in [-0.1, -0.05) is 6.07 Å². The van der Waals surface area contributed by atoms with Crippen molar-refractivity contribution in [2.75, 3.05) is 0 Å². The topological polar surface area (TPSA) is 84.6 Å². The van der Waals surface area contributed by atoms with Crippen molar-refractivity contribution < 1.29 is 5.11 Å². The van der Waals surface area contributed by atoms with Gasteiger partial charge in [0, 0.05) is 5.56 Å². The number of aryl methyl sites for hydroxylation is 1. The SMILES string of the molecule is I.NC(N)=NCc1c(O)ccc2c1CCCC2. The zero-order valence-electron chi connectivity index (χ0n) is 9.65. The third kappa shape index (κ3) is 3.24. The summed E-state index contributed by atoms with van der Waals surface area (Å²) in [6, 6.07) is 3.74. The van der Waals surface area contributed by atoms with Gasteiger partial charge in [0.25, 0.3) is 0 Å². The summed E-state index contributed by atoms with van der Waals surface area (Å²) in [6.07, 6.45) is 4.49. The molecular weight excluding hydrogens is 329 g/mol. The van der Waals surface area contributed by atoms with Crippen molar-refractivity contribution in [1.29, 1.82) is 0 Å². The van der Waals surface area contributed by atoms with Crippen molar-refractivity contribution >= 4 is 29.9 Å². The maximum atomic E-state index is 9.83. The lowest BCUT2D eigenvalue weighted by atomic mass is 9.88. The standard InChI is InChI=1S/C12H17N3O.HI/c13-12(14)15-7-10-9-4-2-1-3-8(9)5-6-11(10)16;/h5-6,16H,1-4,7H2,(H4,13,14,15);1H. The van der Waals surface area contributed by atoms with Gasteiger partial charge < -0.3 is 16.6 Å². The molecule has 5 heteroatoms. The molecule has 1 aliphatic carbocycles. The number of aromatic hydroxyl groups is 1. The summed E-state index contributed by atoms with van der Waals surface area (Å²) in [5, 5.41) is 9.83. The zero-order chi connectivity index (χ0) is 11.5. The van der Waals surface area contributed by atoms with Gasteiger partial charge in [0.1, 0.15) is 5.75 Å². The van der Waals surface area contributed by atoms with Crippen molar-refractivity contribution in [3.63, 3.8) is 0 Å². The van der Waals surface area contributed by atoms with Crippen LogP contribution in [0.3, 0.4) is 0 Å². The van der Waals surface area contributed by atoms with Crippen LogP contribution in [0, 0.1) is 0 Å². The summed E-state index contributed by atoms with van der Waals surface area (Å²) in [5.41, 5.74) is 14.1. The lowest BCUT2D eigenvalue weighted by Gasteiger charge is -2.19. The highest BCUT2D eigenvalue weighted by atomic mass is 127. The van der Waals surface area contributed by atoms with E-state index in [0.29, 0.717) is 12.3 Å². The molecule has 17 heavy (non-hydrogen) atoms. The zero-order valence-corrected chi connectivity index (χ0v) is 12.0. The molecule has 1 aliphatic rings. The fourth-order valence-electron chi connectivity index (χ4n) is 2.24. The van der Waals surface area contributed by atoms with Crippen LogP contribution in [0.4, 0.5) is 0 Å². The molecule has 2 rings (SSSR count). The molecule has 0 bridgehead atoms. The summed E-state index contributed by atoms with van der Waals surface area (Å²) in [4.78, 5) is 3.98. The second kappa shape index (κ2) is 6.09. The number of benzene rings is 1. The second-order valence-corrected chi connectivity index (χ2v) is 4.15. The van der Waals surface area contributed by atoms with Crippen LogP contribution >= 0.6 is 24.0 Å². The lowest BCUT2D eigenvalue weighted by molar-refractivity contribution is 0.465. The fraction of sp³-hybridized carbons (Fsp3) is 0.417. The number of nitrogens with zero attached hydrogens (tertiary/aromatic N) is 1. The van der Waals surface area contributed by atoms with E-state index in [-0.39, 0.29) is 29.9 Å². The maximum absolute atomic E-state index is 9.83. The Balaban J connectivity index is 0.00000144. The number of phenolic OH excluding ortho intramolecular Hbond substituents is 1. The molecule has 5 N–H and O–H groups in total. The minimum absolute atomic E-state index is 0. The second-order valence-electron chi connectivity index (χ2n) is 4.15. The van der Waals surface area contributed by atoms with Gasteiger partial charge in [-0.2, -0.15) is 0 Å². The maximum Gasteiger partial charge on any atom is 0.186 e. The Bertz CT molecular complexity index is 428. The van der Waals surface area contributed by atoms with Gasteiger partial charge in [0.2, 0.25) is 0 Å². The Labute approximate surface area is 118 Å². The van der Waals surface area contributed by atoms with Crippen LogP contribution in [-0.2, 0) is 19.4 Å². The Morgan fingerprint density at radius 2 is 1.94 bits per heavy atom. The number of hydrogen-bond donors (Lipinski definition) is 3. The summed E-state index contributed by atoms with van der Waals surface area (Å²) in [6.45, 7) is 0.372. The molecule has 0 amide bonds. The van der Waals surface area contributed by atoms with E-state index in [2.05, 4.69) is 4.99 Å². The average molecular weight is 347 g/mol. The lowest BCUT2D eigenvalue weighted by Crippen LogP contribution is -2.22. The fourth-order valence-corrected chi connectivity index (χ4v) is 2.24.